The molecule has 0 unspecified atom stereocenters. The molecule has 2 rings (SSSR count). The first-order valence-electron chi connectivity index (χ1n) is 9.47. The van der Waals surface area contributed by atoms with Gasteiger partial charge in [0.1, 0.15) is 0 Å². The number of hydrogen-bond acceptors (Lipinski definition) is 6. The Kier molecular flexibility index (Phi) is 9.44. The molecule has 0 aromatic heterocycles. The number of amides is 1. The van der Waals surface area contributed by atoms with Crippen LogP contribution in [0.3, 0.4) is 0 Å². The van der Waals surface area contributed by atoms with Gasteiger partial charge in [-0.1, -0.05) is 12.1 Å². The molecule has 0 aliphatic carbocycles. The first kappa shape index (κ1) is 23.8. The van der Waals surface area contributed by atoms with Crippen LogP contribution in [0.2, 0.25) is 0 Å². The summed E-state index contributed by atoms with van der Waals surface area (Å²) in [5, 5.41) is 9.42. The number of allylic oxidation sites excluding steroid dienone is 1. The van der Waals surface area contributed by atoms with Gasteiger partial charge in [0.15, 0.2) is 23.2 Å². The first-order valence-corrected chi connectivity index (χ1v) is 9.88. The molecule has 0 spiro atoms. The number of rotatable bonds is 10. The number of hydrogen-bond donors (Lipinski definition) is 3. The zero-order chi connectivity index (χ0) is 22.6. The minimum atomic E-state index is -0.252. The Balaban J connectivity index is 1.95. The summed E-state index contributed by atoms with van der Waals surface area (Å²) in [6.45, 7) is 2.20. The van der Waals surface area contributed by atoms with Crippen molar-refractivity contribution in [2.24, 2.45) is 0 Å². The van der Waals surface area contributed by atoms with E-state index in [0.29, 0.717) is 34.6 Å². The van der Waals surface area contributed by atoms with E-state index in [2.05, 4.69) is 16.0 Å². The summed E-state index contributed by atoms with van der Waals surface area (Å²) in [6, 6.07) is 10.9. The molecule has 0 bridgehead atoms. The molecule has 0 heterocycles. The minimum absolute atomic E-state index is 0.0588. The van der Waals surface area contributed by atoms with E-state index in [1.165, 1.54) is 6.26 Å². The lowest BCUT2D eigenvalue weighted by molar-refractivity contribution is -0.119. The van der Waals surface area contributed by atoms with Gasteiger partial charge >= 0.3 is 0 Å². The molecule has 0 atom stereocenters. The Morgan fingerprint density at radius 3 is 2.23 bits per heavy atom. The van der Waals surface area contributed by atoms with E-state index in [1.807, 2.05) is 31.2 Å². The summed E-state index contributed by atoms with van der Waals surface area (Å²) in [5.41, 5.74) is 2.27. The summed E-state index contributed by atoms with van der Waals surface area (Å²) in [5.74, 6) is 1.42. The summed E-state index contributed by atoms with van der Waals surface area (Å²) < 4.78 is 21.1. The lowest BCUT2D eigenvalue weighted by atomic mass is 10.2. The Labute approximate surface area is 187 Å². The number of thiocarbonyl (C=S) groups is 1. The second-order valence-corrected chi connectivity index (χ2v) is 6.66. The third-order valence-electron chi connectivity index (χ3n) is 4.03. The van der Waals surface area contributed by atoms with E-state index in [0.717, 1.165) is 11.3 Å². The smallest absolute Gasteiger partial charge is 0.262 e. The van der Waals surface area contributed by atoms with E-state index in [1.54, 1.807) is 39.5 Å². The van der Waals surface area contributed by atoms with Crippen LogP contribution in [0.5, 0.6) is 17.2 Å². The Bertz CT molecular complexity index is 908. The summed E-state index contributed by atoms with van der Waals surface area (Å²) >= 11 is 5.38. The average molecular weight is 446 g/mol. The van der Waals surface area contributed by atoms with Gasteiger partial charge in [0, 0.05) is 17.9 Å². The third kappa shape index (κ3) is 7.38. The maximum atomic E-state index is 11.9. The maximum Gasteiger partial charge on any atom is 0.262 e. The number of methoxy groups -OCH3 is 3. The number of carbonyl (C=O) groups is 1. The Morgan fingerprint density at radius 1 is 1.00 bits per heavy atom. The lowest BCUT2D eigenvalue weighted by Crippen LogP contribution is -2.28. The highest BCUT2D eigenvalue weighted by molar-refractivity contribution is 7.80. The van der Waals surface area contributed by atoms with Crippen molar-refractivity contribution in [1.82, 2.24) is 5.32 Å². The van der Waals surface area contributed by atoms with Gasteiger partial charge in [0.25, 0.3) is 5.91 Å². The molecule has 166 valence electrons. The molecule has 1 amide bonds. The number of benzene rings is 2. The molecule has 0 saturated heterocycles. The molecule has 0 radical (unpaired) electrons. The van der Waals surface area contributed by atoms with Gasteiger partial charge in [-0.15, -0.1) is 0 Å². The standard InChI is InChI=1S/C22H27N3O5S/c1-5-9-30-14-20(26)24-16-7-6-8-17(12-16)25-22(31)23-13-15-10-18(27-2)21(29-4)19(11-15)28-3/h5-12H,13-14H2,1-4H3,(H,24,26)(H2,23,25,31)/b9-5-. The number of ether oxygens (including phenoxy) is 4. The zero-order valence-corrected chi connectivity index (χ0v) is 18.8. The highest BCUT2D eigenvalue weighted by Crippen LogP contribution is 2.38. The normalized spacial score (nSPS) is 10.3. The second-order valence-electron chi connectivity index (χ2n) is 6.25. The molecule has 2 aromatic carbocycles. The van der Waals surface area contributed by atoms with E-state index in [-0.39, 0.29) is 12.5 Å². The van der Waals surface area contributed by atoms with E-state index < -0.39 is 0 Å². The summed E-state index contributed by atoms with van der Waals surface area (Å²) in [7, 11) is 4.70. The van der Waals surface area contributed by atoms with Crippen LogP contribution in [0.15, 0.2) is 48.7 Å². The van der Waals surface area contributed by atoms with Crippen LogP contribution in [0.25, 0.3) is 0 Å². The van der Waals surface area contributed by atoms with Crippen LogP contribution in [-0.4, -0.2) is 39.0 Å². The van der Waals surface area contributed by atoms with Crippen LogP contribution >= 0.6 is 12.2 Å². The van der Waals surface area contributed by atoms with Crippen LogP contribution in [0.1, 0.15) is 12.5 Å². The van der Waals surface area contributed by atoms with Crippen molar-refractivity contribution in [3.05, 3.63) is 54.3 Å². The minimum Gasteiger partial charge on any atom is -0.493 e. The summed E-state index contributed by atoms with van der Waals surface area (Å²) in [6.07, 6.45) is 3.18. The van der Waals surface area contributed by atoms with Gasteiger partial charge < -0.3 is 34.9 Å². The molecule has 31 heavy (non-hydrogen) atoms. The molecule has 2 aromatic rings. The van der Waals surface area contributed by atoms with Gasteiger partial charge in [-0.25, -0.2) is 0 Å². The monoisotopic (exact) mass is 445 g/mol. The molecule has 0 aliphatic rings. The molecule has 8 nitrogen and oxygen atoms in total. The van der Waals surface area contributed by atoms with E-state index in [9.17, 15) is 4.79 Å². The SMILES string of the molecule is C/C=C\OCC(=O)Nc1cccc(NC(=S)NCc2cc(OC)c(OC)c(OC)c2)c1. The molecule has 9 heteroatoms. The van der Waals surface area contributed by atoms with Crippen molar-refractivity contribution in [2.45, 2.75) is 13.5 Å². The average Bonchev–Trinajstić information content (AvgIpc) is 2.77. The lowest BCUT2D eigenvalue weighted by Gasteiger charge is -2.15. The zero-order valence-electron chi connectivity index (χ0n) is 18.0. The number of nitrogens with one attached hydrogen (secondary N) is 3. The maximum absolute atomic E-state index is 11.9. The van der Waals surface area contributed by atoms with Crippen molar-refractivity contribution in [1.29, 1.82) is 0 Å². The fraction of sp³-hybridized carbons (Fsp3) is 0.273. The first-order chi connectivity index (χ1) is 15.0. The van der Waals surface area contributed by atoms with Crippen molar-refractivity contribution in [3.63, 3.8) is 0 Å². The number of anilines is 2. The predicted molar refractivity (Wildman–Crippen MR) is 125 cm³/mol. The fourth-order valence-electron chi connectivity index (χ4n) is 2.69. The second kappa shape index (κ2) is 12.3. The largest absolute Gasteiger partial charge is 0.493 e. The van der Waals surface area contributed by atoms with Crippen LogP contribution in [-0.2, 0) is 16.1 Å². The number of carbonyl (C=O) groups excluding carboxylic acids is 1. The molecular formula is C22H27N3O5S. The van der Waals surface area contributed by atoms with Gasteiger partial charge in [-0.05, 0) is 55.0 Å². The van der Waals surface area contributed by atoms with Crippen LogP contribution in [0, 0.1) is 0 Å². The van der Waals surface area contributed by atoms with Gasteiger partial charge in [-0.2, -0.15) is 0 Å². The van der Waals surface area contributed by atoms with Crippen LogP contribution < -0.4 is 30.2 Å². The van der Waals surface area contributed by atoms with E-state index >= 15 is 0 Å². The predicted octanol–water partition coefficient (Wildman–Crippen LogP) is 3.69. The summed E-state index contributed by atoms with van der Waals surface area (Å²) in [4.78, 5) is 11.9. The van der Waals surface area contributed by atoms with Gasteiger partial charge in [0.05, 0.1) is 27.6 Å². The topological polar surface area (TPSA) is 90.1 Å². The molecule has 3 N–H and O–H groups in total. The van der Waals surface area contributed by atoms with Crippen molar-refractivity contribution >= 4 is 34.6 Å². The highest BCUT2D eigenvalue weighted by atomic mass is 32.1. The highest BCUT2D eigenvalue weighted by Gasteiger charge is 2.13. The van der Waals surface area contributed by atoms with Gasteiger partial charge in [-0.3, -0.25) is 4.79 Å². The molecular weight excluding hydrogens is 418 g/mol. The Hall–Kier alpha value is -3.46. The molecule has 0 aliphatic heterocycles. The molecule has 0 saturated carbocycles. The van der Waals surface area contributed by atoms with Crippen LogP contribution in [0.4, 0.5) is 11.4 Å². The fourth-order valence-corrected chi connectivity index (χ4v) is 2.88. The van der Waals surface area contributed by atoms with Crippen molar-refractivity contribution in [2.75, 3.05) is 38.6 Å². The van der Waals surface area contributed by atoms with Gasteiger partial charge in [0.2, 0.25) is 5.75 Å². The molecule has 0 fully saturated rings. The van der Waals surface area contributed by atoms with Crippen molar-refractivity contribution < 1.29 is 23.7 Å². The quantitative estimate of drug-likeness (QED) is 0.377. The van der Waals surface area contributed by atoms with Crippen molar-refractivity contribution in [3.8, 4) is 17.2 Å². The third-order valence-corrected chi connectivity index (χ3v) is 4.27. The Morgan fingerprint density at radius 2 is 1.65 bits per heavy atom. The van der Waals surface area contributed by atoms with E-state index in [4.69, 9.17) is 31.2 Å².